The molecule has 1 heterocycles. The van der Waals surface area contributed by atoms with E-state index in [4.69, 9.17) is 5.73 Å². The highest BCUT2D eigenvalue weighted by atomic mass is 16.2. The Bertz CT molecular complexity index is 787. The second-order valence-corrected chi connectivity index (χ2v) is 10.1. The van der Waals surface area contributed by atoms with E-state index in [2.05, 4.69) is 18.4 Å². The molecule has 5 rings (SSSR count). The van der Waals surface area contributed by atoms with E-state index >= 15 is 0 Å². The van der Waals surface area contributed by atoms with Crippen molar-refractivity contribution in [2.75, 3.05) is 0 Å². The summed E-state index contributed by atoms with van der Waals surface area (Å²) in [5, 5.41) is 0. The quantitative estimate of drug-likeness (QED) is 0.689. The van der Waals surface area contributed by atoms with Crippen molar-refractivity contribution in [3.63, 3.8) is 0 Å². The van der Waals surface area contributed by atoms with Crippen LogP contribution in [0.2, 0.25) is 0 Å². The van der Waals surface area contributed by atoms with E-state index in [1.165, 1.54) is 38.5 Å². The topological polar surface area (TPSA) is 65.1 Å². The molecule has 0 radical (unpaired) electrons. The van der Waals surface area contributed by atoms with Gasteiger partial charge in [0.2, 0.25) is 0 Å². The van der Waals surface area contributed by atoms with Gasteiger partial charge in [0.25, 0.3) is 5.91 Å². The first-order valence-electron chi connectivity index (χ1n) is 11.4. The van der Waals surface area contributed by atoms with Crippen molar-refractivity contribution in [2.45, 2.75) is 91.0 Å². The fourth-order valence-corrected chi connectivity index (χ4v) is 7.30. The zero-order valence-electron chi connectivity index (χ0n) is 17.8. The van der Waals surface area contributed by atoms with Crippen LogP contribution < -0.4 is 11.2 Å². The summed E-state index contributed by atoms with van der Waals surface area (Å²) in [4.78, 5) is 25.2. The monoisotopic (exact) mass is 384 g/mol. The van der Waals surface area contributed by atoms with Crippen molar-refractivity contribution in [1.82, 2.24) is 4.57 Å². The van der Waals surface area contributed by atoms with Crippen LogP contribution in [0.25, 0.3) is 0 Å². The van der Waals surface area contributed by atoms with Crippen LogP contribution in [0.3, 0.4) is 0 Å². The number of hydrogen-bond donors (Lipinski definition) is 1. The molecule has 28 heavy (non-hydrogen) atoms. The summed E-state index contributed by atoms with van der Waals surface area (Å²) in [5.41, 5.74) is 7.98. The molecule has 4 heteroatoms. The molecule has 0 saturated heterocycles. The van der Waals surface area contributed by atoms with E-state index in [1.54, 1.807) is 6.07 Å². The highest BCUT2D eigenvalue weighted by Crippen LogP contribution is 2.64. The molecule has 1 aromatic heterocycles. The maximum absolute atomic E-state index is 12.8. The number of aromatic nitrogens is 1. The van der Waals surface area contributed by atoms with Gasteiger partial charge >= 0.3 is 0 Å². The average molecular weight is 385 g/mol. The maximum atomic E-state index is 12.8. The molecule has 0 aromatic carbocycles. The van der Waals surface area contributed by atoms with Gasteiger partial charge in [0.1, 0.15) is 5.56 Å². The second-order valence-electron chi connectivity index (χ2n) is 10.1. The first kappa shape index (κ1) is 19.7. The van der Waals surface area contributed by atoms with Crippen LogP contribution in [0.4, 0.5) is 0 Å². The number of nitrogens with zero attached hydrogens (tertiary/aromatic N) is 1. The predicted molar refractivity (Wildman–Crippen MR) is 113 cm³/mol. The zero-order chi connectivity index (χ0) is 20.1. The summed E-state index contributed by atoms with van der Waals surface area (Å²) in [5.74, 6) is 2.18. The summed E-state index contributed by atoms with van der Waals surface area (Å²) in [6.45, 7) is 7.36. The van der Waals surface area contributed by atoms with Gasteiger partial charge in [-0.25, -0.2) is 0 Å². The minimum atomic E-state index is -0.555. The van der Waals surface area contributed by atoms with Crippen LogP contribution in [-0.4, -0.2) is 10.5 Å². The van der Waals surface area contributed by atoms with Gasteiger partial charge in [0, 0.05) is 29.9 Å². The number of nitrogens with two attached hydrogens (primary N) is 1. The molecule has 4 saturated carbocycles. The number of hydrogen-bond acceptors (Lipinski definition) is 2. The normalized spacial score (nSPS) is 31.9. The molecule has 4 nitrogen and oxygen atoms in total. The van der Waals surface area contributed by atoms with Gasteiger partial charge in [0.15, 0.2) is 5.43 Å². The Kier molecular flexibility index (Phi) is 5.18. The predicted octanol–water partition coefficient (Wildman–Crippen LogP) is 4.77. The molecule has 1 atom stereocenters. The average Bonchev–Trinajstić information content (AvgIpc) is 2.61. The molecule has 2 N–H and O–H groups in total. The number of carbonyl (C=O) groups excluding carboxylic acids is 1. The number of carbonyl (C=O) groups is 1. The van der Waals surface area contributed by atoms with Crippen molar-refractivity contribution in [2.24, 2.45) is 28.9 Å². The number of rotatable bonds is 7. The van der Waals surface area contributed by atoms with Crippen LogP contribution in [0.1, 0.15) is 99.3 Å². The standard InChI is InChI=1S/C24H36N2O2/c1-4-5-6-7-26-15(2)8-20(27)21(23(25)28)22(26)16(3)24-12-17-9-18(13-24)11-19(10-17)14-24/h8,16-19H,4-7,9-14H2,1-3H3,(H2,25,28). The third-order valence-corrected chi connectivity index (χ3v) is 8.21. The molecule has 0 spiro atoms. The zero-order valence-corrected chi connectivity index (χ0v) is 17.8. The summed E-state index contributed by atoms with van der Waals surface area (Å²) in [7, 11) is 0. The Morgan fingerprint density at radius 1 is 1.18 bits per heavy atom. The molecule has 4 aliphatic rings. The lowest BCUT2D eigenvalue weighted by Gasteiger charge is -2.59. The highest BCUT2D eigenvalue weighted by molar-refractivity contribution is 5.94. The summed E-state index contributed by atoms with van der Waals surface area (Å²) in [6, 6.07) is 1.61. The second kappa shape index (κ2) is 7.35. The molecule has 4 aliphatic carbocycles. The van der Waals surface area contributed by atoms with Crippen molar-refractivity contribution in [3.05, 3.63) is 33.2 Å². The largest absolute Gasteiger partial charge is 0.365 e. The van der Waals surface area contributed by atoms with E-state index in [0.29, 0.717) is 0 Å². The highest BCUT2D eigenvalue weighted by Gasteiger charge is 2.54. The van der Waals surface area contributed by atoms with E-state index in [1.807, 2.05) is 6.92 Å². The van der Waals surface area contributed by atoms with Crippen molar-refractivity contribution in [3.8, 4) is 0 Å². The van der Waals surface area contributed by atoms with Crippen LogP contribution in [0.15, 0.2) is 10.9 Å². The fourth-order valence-electron chi connectivity index (χ4n) is 7.30. The van der Waals surface area contributed by atoms with Crippen LogP contribution in [0, 0.1) is 30.1 Å². The van der Waals surface area contributed by atoms with Gasteiger partial charge in [0.05, 0.1) is 0 Å². The van der Waals surface area contributed by atoms with Crippen LogP contribution in [0.5, 0.6) is 0 Å². The molecule has 1 amide bonds. The van der Waals surface area contributed by atoms with Crippen molar-refractivity contribution in [1.29, 1.82) is 0 Å². The van der Waals surface area contributed by atoms with Crippen LogP contribution in [-0.2, 0) is 6.54 Å². The Labute approximate surface area is 168 Å². The van der Waals surface area contributed by atoms with E-state index < -0.39 is 5.91 Å². The van der Waals surface area contributed by atoms with Gasteiger partial charge in [-0.1, -0.05) is 26.7 Å². The first-order valence-corrected chi connectivity index (χ1v) is 11.4. The molecule has 154 valence electrons. The Morgan fingerprint density at radius 2 is 1.75 bits per heavy atom. The van der Waals surface area contributed by atoms with Gasteiger partial charge < -0.3 is 10.3 Å². The molecular formula is C24H36N2O2. The van der Waals surface area contributed by atoms with E-state index in [0.717, 1.165) is 54.9 Å². The van der Waals surface area contributed by atoms with Crippen molar-refractivity contribution < 1.29 is 4.79 Å². The summed E-state index contributed by atoms with van der Waals surface area (Å²) < 4.78 is 2.26. The minimum Gasteiger partial charge on any atom is -0.365 e. The Morgan fingerprint density at radius 3 is 2.25 bits per heavy atom. The van der Waals surface area contributed by atoms with Crippen molar-refractivity contribution >= 4 is 5.91 Å². The van der Waals surface area contributed by atoms with E-state index in [-0.39, 0.29) is 22.3 Å². The maximum Gasteiger partial charge on any atom is 0.254 e. The van der Waals surface area contributed by atoms with Gasteiger partial charge in [-0.2, -0.15) is 0 Å². The number of aryl methyl sites for hydroxylation is 1. The van der Waals surface area contributed by atoms with Gasteiger partial charge in [-0.3, -0.25) is 9.59 Å². The SMILES string of the molecule is CCCCCn1c(C)cc(=O)c(C(N)=O)c1C(C)C12CC3CC(CC(C3)C1)C2. The number of unbranched alkanes of at least 4 members (excludes halogenated alkanes) is 2. The number of pyridine rings is 1. The molecule has 4 bridgehead atoms. The summed E-state index contributed by atoms with van der Waals surface area (Å²) >= 11 is 0. The van der Waals surface area contributed by atoms with E-state index in [9.17, 15) is 9.59 Å². The lowest BCUT2D eigenvalue weighted by atomic mass is 9.46. The third-order valence-electron chi connectivity index (χ3n) is 8.21. The molecular weight excluding hydrogens is 348 g/mol. The lowest BCUT2D eigenvalue weighted by molar-refractivity contribution is -0.0669. The van der Waals surface area contributed by atoms with Gasteiger partial charge in [-0.15, -0.1) is 0 Å². The third kappa shape index (κ3) is 3.23. The minimum absolute atomic E-state index is 0.191. The fraction of sp³-hybridized carbons (Fsp3) is 0.750. The molecule has 1 unspecified atom stereocenters. The Hall–Kier alpha value is -1.58. The van der Waals surface area contributed by atoms with Crippen LogP contribution >= 0.6 is 0 Å². The summed E-state index contributed by atoms with van der Waals surface area (Å²) in [6.07, 6.45) is 11.3. The smallest absolute Gasteiger partial charge is 0.254 e. The Balaban J connectivity index is 1.80. The first-order chi connectivity index (χ1) is 13.3. The number of primary amides is 1. The molecule has 1 aromatic rings. The van der Waals surface area contributed by atoms with Gasteiger partial charge in [-0.05, 0) is 75.0 Å². The lowest BCUT2D eigenvalue weighted by Crippen LogP contribution is -2.49. The molecule has 4 fully saturated rings. The number of amides is 1. The molecule has 0 aliphatic heterocycles.